The van der Waals surface area contributed by atoms with Gasteiger partial charge in [0.15, 0.2) is 0 Å². The summed E-state index contributed by atoms with van der Waals surface area (Å²) in [5.74, 6) is -1.68. The zero-order chi connectivity index (χ0) is 48.6. The highest BCUT2D eigenvalue weighted by Gasteiger charge is 2.20. The number of nitrogens with zero attached hydrogens (tertiary/aromatic N) is 7. The van der Waals surface area contributed by atoms with E-state index in [-0.39, 0.29) is 110 Å². The van der Waals surface area contributed by atoms with Gasteiger partial charge in [0, 0.05) is 19.2 Å². The standard InChI is InChI=1S/C34H32Cl4N10O14S4/c1-39-32-42-33(40-26-14-22(37)24(16-28(26)61-8-2-10-63(49,50)51)47-45-18-4-6-20(35)30(12-18)65(55,56)57)44-34(43-32)41-27-15-23(38)25(17-29(27)62-9-3-11-64(52,53)54)48-46-19-5-7-21(36)31(13-19)66(58,59)60/h4-7,12-17H,2-3,8-11H2,1H3,(H,49,50,51)(H,52,53,54)(H,55,56,57)(H,58,59,60)(H3,39,40,41,42,43,44). The molecule has 0 fully saturated rings. The van der Waals surface area contributed by atoms with Crippen LogP contribution >= 0.6 is 46.4 Å². The second-order valence-corrected chi connectivity index (χ2v) is 20.5. The molecule has 5 aromatic rings. The van der Waals surface area contributed by atoms with Crippen LogP contribution in [0.5, 0.6) is 11.5 Å². The van der Waals surface area contributed by atoms with Gasteiger partial charge in [-0.05, 0) is 61.4 Å². The Hall–Kier alpha value is -5.11. The molecule has 0 aliphatic carbocycles. The third kappa shape index (κ3) is 15.5. The fraction of sp³-hybridized carbons (Fsp3) is 0.206. The van der Waals surface area contributed by atoms with Crippen molar-refractivity contribution in [3.63, 3.8) is 0 Å². The summed E-state index contributed by atoms with van der Waals surface area (Å²) in [7, 11) is -16.6. The van der Waals surface area contributed by atoms with Crippen molar-refractivity contribution in [1.29, 1.82) is 0 Å². The Balaban J connectivity index is 1.50. The van der Waals surface area contributed by atoms with Crippen molar-refractivity contribution in [3.8, 4) is 11.5 Å². The Morgan fingerprint density at radius 2 is 0.909 bits per heavy atom. The van der Waals surface area contributed by atoms with Crippen molar-refractivity contribution in [2.24, 2.45) is 20.5 Å². The van der Waals surface area contributed by atoms with Gasteiger partial charge in [-0.25, -0.2) is 0 Å². The number of anilines is 5. The van der Waals surface area contributed by atoms with Crippen LogP contribution in [0.25, 0.3) is 0 Å². The molecule has 4 aromatic carbocycles. The van der Waals surface area contributed by atoms with Crippen molar-refractivity contribution >= 4 is 139 Å². The highest BCUT2D eigenvalue weighted by molar-refractivity contribution is 7.86. The van der Waals surface area contributed by atoms with E-state index < -0.39 is 61.8 Å². The number of nitrogens with one attached hydrogen (secondary N) is 3. The summed E-state index contributed by atoms with van der Waals surface area (Å²) < 4.78 is 141. The van der Waals surface area contributed by atoms with Crippen molar-refractivity contribution in [2.45, 2.75) is 22.6 Å². The van der Waals surface area contributed by atoms with E-state index in [1.54, 1.807) is 0 Å². The van der Waals surface area contributed by atoms with Gasteiger partial charge < -0.3 is 25.4 Å². The molecule has 354 valence electrons. The van der Waals surface area contributed by atoms with E-state index in [0.29, 0.717) is 0 Å². The van der Waals surface area contributed by atoms with Crippen LogP contribution in [0.15, 0.2) is 90.9 Å². The van der Waals surface area contributed by atoms with E-state index in [1.165, 1.54) is 55.6 Å². The van der Waals surface area contributed by atoms with Crippen LogP contribution in [0.2, 0.25) is 20.1 Å². The lowest BCUT2D eigenvalue weighted by molar-refractivity contribution is 0.317. The number of benzene rings is 4. The van der Waals surface area contributed by atoms with Gasteiger partial charge in [-0.15, -0.1) is 10.2 Å². The molecule has 0 aliphatic heterocycles. The molecule has 0 unspecified atom stereocenters. The minimum atomic E-state index is -4.71. The maximum atomic E-state index is 11.7. The number of ether oxygens (including phenoxy) is 2. The fourth-order valence-corrected chi connectivity index (χ4v) is 8.44. The van der Waals surface area contributed by atoms with E-state index in [4.69, 9.17) is 55.9 Å². The predicted octanol–water partition coefficient (Wildman–Crippen LogP) is 8.65. The monoisotopic (exact) mass is 1070 g/mol. The molecule has 0 spiro atoms. The maximum Gasteiger partial charge on any atom is 0.296 e. The van der Waals surface area contributed by atoms with Crippen LogP contribution in [-0.4, -0.2) is 98.6 Å². The van der Waals surface area contributed by atoms with Crippen molar-refractivity contribution < 1.29 is 61.4 Å². The molecule has 32 heteroatoms. The van der Waals surface area contributed by atoms with Crippen LogP contribution in [0.4, 0.5) is 52.0 Å². The van der Waals surface area contributed by atoms with E-state index in [2.05, 4.69) is 51.4 Å². The molecule has 0 radical (unpaired) electrons. The van der Waals surface area contributed by atoms with E-state index >= 15 is 0 Å². The van der Waals surface area contributed by atoms with E-state index in [1.807, 2.05) is 0 Å². The molecule has 0 amide bonds. The smallest absolute Gasteiger partial charge is 0.296 e. The molecule has 24 nitrogen and oxygen atoms in total. The minimum Gasteiger partial charge on any atom is -0.491 e. The van der Waals surface area contributed by atoms with Gasteiger partial charge >= 0.3 is 0 Å². The largest absolute Gasteiger partial charge is 0.491 e. The highest BCUT2D eigenvalue weighted by Crippen LogP contribution is 2.41. The summed E-state index contributed by atoms with van der Waals surface area (Å²) in [6, 6.07) is 12.1. The first-order valence-electron chi connectivity index (χ1n) is 18.0. The quantitative estimate of drug-likeness (QED) is 0.0205. The van der Waals surface area contributed by atoms with Crippen molar-refractivity contribution in [2.75, 3.05) is 47.7 Å². The third-order valence-electron chi connectivity index (χ3n) is 7.99. The van der Waals surface area contributed by atoms with Crippen molar-refractivity contribution in [3.05, 3.63) is 80.8 Å². The molecule has 0 aliphatic rings. The van der Waals surface area contributed by atoms with Crippen LogP contribution in [-0.2, 0) is 40.5 Å². The molecule has 0 saturated carbocycles. The first-order valence-corrected chi connectivity index (χ1v) is 25.6. The number of azo groups is 2. The summed E-state index contributed by atoms with van der Waals surface area (Å²) in [6.45, 7) is -0.524. The number of rotatable bonds is 21. The summed E-state index contributed by atoms with van der Waals surface area (Å²) in [6.07, 6.45) is -0.326. The second-order valence-electron chi connectivity index (χ2n) is 13.0. The van der Waals surface area contributed by atoms with Gasteiger partial charge in [0.2, 0.25) is 17.8 Å². The van der Waals surface area contributed by atoms with Crippen LogP contribution < -0.4 is 25.4 Å². The predicted molar refractivity (Wildman–Crippen MR) is 243 cm³/mol. The molecule has 7 N–H and O–H groups in total. The summed E-state index contributed by atoms with van der Waals surface area (Å²) in [4.78, 5) is 11.7. The van der Waals surface area contributed by atoms with Gasteiger partial charge in [0.25, 0.3) is 40.5 Å². The first kappa shape index (κ1) is 51.9. The molecule has 1 aromatic heterocycles. The molecule has 1 heterocycles. The van der Waals surface area contributed by atoms with Crippen LogP contribution in [0.1, 0.15) is 12.8 Å². The van der Waals surface area contributed by atoms with Gasteiger partial charge in [0.05, 0.1) is 67.6 Å². The Bertz CT molecular complexity index is 2970. The van der Waals surface area contributed by atoms with Gasteiger partial charge in [0.1, 0.15) is 32.7 Å². The third-order valence-corrected chi connectivity index (χ3v) is 12.9. The molecular weight excluding hydrogens is 1040 g/mol. The molecule has 0 saturated heterocycles. The second kappa shape index (κ2) is 21.7. The Labute approximate surface area is 395 Å². The Kier molecular flexibility index (Phi) is 17.0. The maximum absolute atomic E-state index is 11.7. The van der Waals surface area contributed by atoms with Gasteiger partial charge in [-0.1, -0.05) is 46.4 Å². The van der Waals surface area contributed by atoms with Crippen LogP contribution in [0, 0.1) is 0 Å². The first-order chi connectivity index (χ1) is 30.8. The lowest BCUT2D eigenvalue weighted by atomic mass is 10.2. The average Bonchev–Trinajstić information content (AvgIpc) is 3.20. The Morgan fingerprint density at radius 1 is 0.530 bits per heavy atom. The van der Waals surface area contributed by atoms with E-state index in [0.717, 1.165) is 12.1 Å². The lowest BCUT2D eigenvalue weighted by Gasteiger charge is -2.16. The van der Waals surface area contributed by atoms with Gasteiger partial charge in [-0.2, -0.15) is 58.9 Å². The van der Waals surface area contributed by atoms with E-state index in [9.17, 15) is 51.9 Å². The average molecular weight is 1070 g/mol. The number of hydrogen-bond donors (Lipinski definition) is 7. The van der Waals surface area contributed by atoms with Crippen molar-refractivity contribution in [1.82, 2.24) is 15.0 Å². The summed E-state index contributed by atoms with van der Waals surface area (Å²) in [5, 5.41) is 24.0. The molecule has 0 bridgehead atoms. The van der Waals surface area contributed by atoms with Crippen LogP contribution in [0.3, 0.4) is 0 Å². The zero-order valence-electron chi connectivity index (χ0n) is 33.2. The molecule has 66 heavy (non-hydrogen) atoms. The van der Waals surface area contributed by atoms with Gasteiger partial charge in [-0.3, -0.25) is 18.2 Å². The lowest BCUT2D eigenvalue weighted by Crippen LogP contribution is -2.11. The molecular formula is C34H32Cl4N10O14S4. The summed E-state index contributed by atoms with van der Waals surface area (Å²) in [5.41, 5.74) is -0.0149. The number of hydrogen-bond acceptors (Lipinski definition) is 20. The summed E-state index contributed by atoms with van der Waals surface area (Å²) >= 11 is 24.9. The number of aromatic nitrogens is 3. The fourth-order valence-electron chi connectivity index (χ4n) is 5.09. The zero-order valence-corrected chi connectivity index (χ0v) is 39.5. The SMILES string of the molecule is CNc1nc(Nc2cc(Cl)c(N=Nc3ccc(Cl)c(S(=O)(=O)O)c3)cc2OCCCS(=O)(=O)O)nc(Nc2cc(Cl)c(N=Nc3ccc(Cl)c(S(=O)(=O)O)c3)cc2OCCCS(=O)(=O)O)n1. The normalized spacial score (nSPS) is 12.4. The molecule has 5 rings (SSSR count). The highest BCUT2D eigenvalue weighted by atomic mass is 35.5. The topological polar surface area (TPSA) is 360 Å². The number of halogens is 4. The minimum absolute atomic E-state index is 0.0197. The Morgan fingerprint density at radius 3 is 1.26 bits per heavy atom. The molecule has 0 atom stereocenters.